The minimum absolute atomic E-state index is 0.214. The van der Waals surface area contributed by atoms with Gasteiger partial charge in [-0.2, -0.15) is 10.2 Å². The van der Waals surface area contributed by atoms with Crippen LogP contribution < -0.4 is 5.32 Å². The van der Waals surface area contributed by atoms with Gasteiger partial charge in [-0.3, -0.25) is 9.36 Å². The van der Waals surface area contributed by atoms with Crippen molar-refractivity contribution in [2.24, 2.45) is 26.6 Å². The summed E-state index contributed by atoms with van der Waals surface area (Å²) in [6.07, 6.45) is 12.7. The van der Waals surface area contributed by atoms with Gasteiger partial charge in [-0.25, -0.2) is 4.98 Å². The van der Waals surface area contributed by atoms with Crippen LogP contribution in [0.3, 0.4) is 0 Å². The van der Waals surface area contributed by atoms with E-state index in [1.807, 2.05) is 35.9 Å². The lowest BCUT2D eigenvalue weighted by atomic mass is 9.53. The predicted octanol–water partition coefficient (Wildman–Crippen LogP) is 4.42. The van der Waals surface area contributed by atoms with Crippen molar-refractivity contribution in [3.05, 3.63) is 54.1 Å². The highest BCUT2D eigenvalue weighted by atomic mass is 16.5. The van der Waals surface area contributed by atoms with Gasteiger partial charge >= 0.3 is 0 Å². The van der Waals surface area contributed by atoms with Crippen LogP contribution in [0.25, 0.3) is 44.3 Å². The Morgan fingerprint density at radius 1 is 0.973 bits per heavy atom. The summed E-state index contributed by atoms with van der Waals surface area (Å²) in [7, 11) is 6.10. The summed E-state index contributed by atoms with van der Waals surface area (Å²) in [6.45, 7) is 2.87. The number of pyridine rings is 1. The summed E-state index contributed by atoms with van der Waals surface area (Å²) in [5.41, 5.74) is 9.57. The number of aromatic nitrogens is 6. The minimum Gasteiger partial charge on any atom is -0.365 e. The number of benzene rings is 1. The first-order valence-corrected chi connectivity index (χ1v) is 13.2. The van der Waals surface area contributed by atoms with Crippen LogP contribution in [0, 0.1) is 5.41 Å². The van der Waals surface area contributed by atoms with E-state index in [1.165, 1.54) is 40.5 Å². The van der Waals surface area contributed by atoms with Crippen molar-refractivity contribution in [2.45, 2.75) is 37.9 Å². The molecule has 188 valence electrons. The van der Waals surface area contributed by atoms with Gasteiger partial charge in [0.1, 0.15) is 5.65 Å². The summed E-state index contributed by atoms with van der Waals surface area (Å²) in [5.74, 6) is 0. The van der Waals surface area contributed by atoms with Crippen LogP contribution in [-0.2, 0) is 38.1 Å². The van der Waals surface area contributed by atoms with Crippen LogP contribution in [0.15, 0.2) is 43.0 Å². The molecule has 2 aliphatic heterocycles. The van der Waals surface area contributed by atoms with Crippen LogP contribution in [0.1, 0.15) is 36.8 Å². The molecule has 8 rings (SSSR count). The van der Waals surface area contributed by atoms with Crippen LogP contribution >= 0.6 is 0 Å². The van der Waals surface area contributed by atoms with E-state index in [0.717, 1.165) is 53.7 Å². The number of aryl methyl sites for hydroxylation is 3. The molecule has 2 fully saturated rings. The molecular formula is C29H31N7O. The lowest BCUT2D eigenvalue weighted by Gasteiger charge is -2.56. The number of ether oxygens (including phenoxy) is 1. The molecule has 0 unspecified atom stereocenters. The molecule has 4 aromatic heterocycles. The Hall–Kier alpha value is -3.49. The standard InChI is InChI=1S/C29H31N7O/c1-34-14-20(13-32-34)26-23(18-4-5-22-19(10-18)12-33-36(22)3)24-25-21(11-31-27(24)35(26)2)15-37-29(25)16-28(17-29)6-8-30-9-7-28/h4-5,10-14,30H,6-9,15-17H2,1-3H3. The Balaban J connectivity index is 1.41. The van der Waals surface area contributed by atoms with Gasteiger partial charge in [0.2, 0.25) is 0 Å². The molecule has 6 heterocycles. The van der Waals surface area contributed by atoms with Gasteiger partial charge < -0.3 is 14.6 Å². The number of hydrogen-bond acceptors (Lipinski definition) is 5. The van der Waals surface area contributed by atoms with E-state index >= 15 is 0 Å². The van der Waals surface area contributed by atoms with Gasteiger partial charge in [0.15, 0.2) is 0 Å². The smallest absolute Gasteiger partial charge is 0.141 e. The van der Waals surface area contributed by atoms with E-state index in [2.05, 4.69) is 57.7 Å². The molecule has 8 heteroatoms. The maximum absolute atomic E-state index is 6.71. The molecule has 2 spiro atoms. The van der Waals surface area contributed by atoms with Crippen molar-refractivity contribution >= 4 is 21.9 Å². The molecule has 0 bridgehead atoms. The lowest BCUT2D eigenvalue weighted by molar-refractivity contribution is -0.176. The van der Waals surface area contributed by atoms with Crippen LogP contribution in [0.5, 0.6) is 0 Å². The molecule has 1 N–H and O–H groups in total. The van der Waals surface area contributed by atoms with Crippen molar-refractivity contribution in [2.75, 3.05) is 13.1 Å². The van der Waals surface area contributed by atoms with E-state index in [4.69, 9.17) is 9.72 Å². The maximum atomic E-state index is 6.71. The van der Waals surface area contributed by atoms with E-state index < -0.39 is 0 Å². The van der Waals surface area contributed by atoms with Crippen molar-refractivity contribution in [3.8, 4) is 22.4 Å². The fourth-order valence-electron chi connectivity index (χ4n) is 7.57. The number of fused-ring (bicyclic) bond motifs is 5. The fourth-order valence-corrected chi connectivity index (χ4v) is 7.57. The highest BCUT2D eigenvalue weighted by molar-refractivity contribution is 6.07. The van der Waals surface area contributed by atoms with Crippen LogP contribution in [-0.4, -0.2) is 42.2 Å². The van der Waals surface area contributed by atoms with Crippen molar-refractivity contribution < 1.29 is 4.74 Å². The lowest BCUT2D eigenvalue weighted by Crippen LogP contribution is -2.53. The zero-order chi connectivity index (χ0) is 24.9. The number of rotatable bonds is 2. The highest BCUT2D eigenvalue weighted by Gasteiger charge is 2.59. The third-order valence-electron chi connectivity index (χ3n) is 9.24. The molecule has 37 heavy (non-hydrogen) atoms. The van der Waals surface area contributed by atoms with Crippen molar-refractivity contribution in [1.29, 1.82) is 0 Å². The van der Waals surface area contributed by atoms with E-state index in [1.54, 1.807) is 0 Å². The first kappa shape index (κ1) is 21.6. The Morgan fingerprint density at radius 3 is 2.59 bits per heavy atom. The Bertz CT molecular complexity index is 1710. The Kier molecular flexibility index (Phi) is 4.26. The predicted molar refractivity (Wildman–Crippen MR) is 143 cm³/mol. The number of nitrogens with zero attached hydrogens (tertiary/aromatic N) is 6. The van der Waals surface area contributed by atoms with Crippen molar-refractivity contribution in [1.82, 2.24) is 34.4 Å². The summed E-state index contributed by atoms with van der Waals surface area (Å²) in [4.78, 5) is 5.02. The maximum Gasteiger partial charge on any atom is 0.141 e. The summed E-state index contributed by atoms with van der Waals surface area (Å²) >= 11 is 0. The monoisotopic (exact) mass is 493 g/mol. The molecule has 1 saturated carbocycles. The normalized spacial score (nSPS) is 19.8. The topological polar surface area (TPSA) is 74.7 Å². The summed E-state index contributed by atoms with van der Waals surface area (Å²) in [6, 6.07) is 6.68. The second-order valence-electron chi connectivity index (χ2n) is 11.5. The van der Waals surface area contributed by atoms with E-state index in [-0.39, 0.29) is 5.60 Å². The first-order valence-electron chi connectivity index (χ1n) is 13.2. The molecule has 0 amide bonds. The first-order chi connectivity index (χ1) is 18.0. The molecule has 1 saturated heterocycles. The second kappa shape index (κ2) is 7.30. The molecule has 0 atom stereocenters. The summed E-state index contributed by atoms with van der Waals surface area (Å²) < 4.78 is 12.8. The molecule has 5 aromatic rings. The van der Waals surface area contributed by atoms with E-state index in [9.17, 15) is 0 Å². The van der Waals surface area contributed by atoms with Gasteiger partial charge in [0.05, 0.1) is 35.8 Å². The fraction of sp³-hybridized carbons (Fsp3) is 0.414. The van der Waals surface area contributed by atoms with Gasteiger partial charge in [0, 0.05) is 66.6 Å². The third kappa shape index (κ3) is 2.88. The molecular weight excluding hydrogens is 462 g/mol. The molecule has 1 aromatic carbocycles. The van der Waals surface area contributed by atoms with Crippen LogP contribution in [0.2, 0.25) is 0 Å². The average Bonchev–Trinajstić information content (AvgIpc) is 3.64. The average molecular weight is 494 g/mol. The Morgan fingerprint density at radius 2 is 1.81 bits per heavy atom. The van der Waals surface area contributed by atoms with Gasteiger partial charge in [-0.1, -0.05) is 6.07 Å². The van der Waals surface area contributed by atoms with Gasteiger partial charge in [-0.05, 0) is 61.9 Å². The zero-order valence-corrected chi connectivity index (χ0v) is 21.6. The third-order valence-corrected chi connectivity index (χ3v) is 9.24. The number of hydrogen-bond donors (Lipinski definition) is 1. The molecule has 3 aliphatic rings. The largest absolute Gasteiger partial charge is 0.365 e. The number of nitrogens with one attached hydrogen (secondary N) is 1. The van der Waals surface area contributed by atoms with Crippen LogP contribution in [0.4, 0.5) is 0 Å². The SMILES string of the molecule is Cn1cc(-c2c(-c3ccc4c(cnn4C)c3)c3c4c(cnc3n2C)COC42CC3(CCNCC3)C2)cn1. The van der Waals surface area contributed by atoms with Crippen molar-refractivity contribution in [3.63, 3.8) is 0 Å². The highest BCUT2D eigenvalue weighted by Crippen LogP contribution is 2.65. The molecule has 8 nitrogen and oxygen atoms in total. The quantitative estimate of drug-likeness (QED) is 0.394. The summed E-state index contributed by atoms with van der Waals surface area (Å²) in [5, 5.41) is 14.9. The molecule has 0 radical (unpaired) electrons. The van der Waals surface area contributed by atoms with Gasteiger partial charge in [-0.15, -0.1) is 0 Å². The second-order valence-corrected chi connectivity index (χ2v) is 11.5. The van der Waals surface area contributed by atoms with E-state index in [0.29, 0.717) is 12.0 Å². The Labute approximate surface area is 215 Å². The van der Waals surface area contributed by atoms with Gasteiger partial charge in [0.25, 0.3) is 0 Å². The minimum atomic E-state index is -0.214. The zero-order valence-electron chi connectivity index (χ0n) is 21.6. The number of piperidine rings is 1. The molecule has 1 aliphatic carbocycles.